The largest absolute Gasteiger partial charge is 1.00 e. The molecule has 0 aliphatic rings. The van der Waals surface area contributed by atoms with Crippen LogP contribution in [0.1, 0.15) is 118 Å². The molecule has 0 fully saturated rings. The summed E-state index contributed by atoms with van der Waals surface area (Å²) >= 11 is -0.722. The molecule has 2 rings (SSSR count). The molecule has 33 heavy (non-hydrogen) atoms. The zero-order valence-electron chi connectivity index (χ0n) is 24.7. The minimum absolute atomic E-state index is 0. The Balaban J connectivity index is 0.00000578. The Labute approximate surface area is 212 Å². The summed E-state index contributed by atoms with van der Waals surface area (Å²) in [6, 6.07) is 9.10. The first-order valence-electron chi connectivity index (χ1n) is 12.2. The van der Waals surface area contributed by atoms with Crippen molar-refractivity contribution in [2.24, 2.45) is 0 Å². The zero-order chi connectivity index (χ0) is 25.6. The van der Waals surface area contributed by atoms with E-state index < -0.39 is 15.9 Å². The van der Waals surface area contributed by atoms with Gasteiger partial charge in [-0.1, -0.05) is 0 Å². The van der Waals surface area contributed by atoms with Crippen molar-refractivity contribution in [1.29, 1.82) is 0 Å². The second-order valence-corrected chi connectivity index (χ2v) is 14.4. The third-order valence-corrected chi connectivity index (χ3v) is 6.69. The van der Waals surface area contributed by atoms with Crippen molar-refractivity contribution in [3.8, 4) is 11.5 Å². The molecule has 0 saturated carbocycles. The normalized spacial score (nSPS) is 13.0. The number of hydrogen-bond acceptors (Lipinski definition) is 2. The van der Waals surface area contributed by atoms with Crippen LogP contribution in [0.2, 0.25) is 0 Å². The molecule has 2 aromatic rings. The third-order valence-electron chi connectivity index (χ3n) is 6.03. The summed E-state index contributed by atoms with van der Waals surface area (Å²) in [5.74, 6) is 2.00. The Kier molecular flexibility index (Phi) is 7.85. The fourth-order valence-corrected chi connectivity index (χ4v) is 4.90. The van der Waals surface area contributed by atoms with Crippen molar-refractivity contribution in [3.63, 3.8) is 0 Å². The molecule has 0 radical (unpaired) electrons. The van der Waals surface area contributed by atoms with Crippen LogP contribution in [0.3, 0.4) is 0 Å². The summed E-state index contributed by atoms with van der Waals surface area (Å²) in [4.78, 5) is 0. The van der Waals surface area contributed by atoms with E-state index in [0.717, 1.165) is 11.5 Å². The molecule has 0 unspecified atom stereocenters. The minimum Gasteiger partial charge on any atom is -1.00 e. The quantitative estimate of drug-likeness (QED) is 0.420. The Morgan fingerprint density at radius 1 is 0.485 bits per heavy atom. The first kappa shape index (κ1) is 27.8. The molecule has 182 valence electrons. The molecule has 0 bridgehead atoms. The molecule has 0 N–H and O–H groups in total. The van der Waals surface area contributed by atoms with Gasteiger partial charge in [-0.05, 0) is 0 Å². The average molecular weight is 467 g/mol. The van der Waals surface area contributed by atoms with Gasteiger partial charge in [-0.15, -0.1) is 0 Å². The van der Waals surface area contributed by atoms with Crippen LogP contribution >= 0.6 is 0 Å². The van der Waals surface area contributed by atoms with Crippen molar-refractivity contribution in [1.82, 2.24) is 0 Å². The van der Waals surface area contributed by atoms with E-state index in [1.807, 2.05) is 0 Å². The van der Waals surface area contributed by atoms with E-state index in [4.69, 9.17) is 7.58 Å². The van der Waals surface area contributed by atoms with Gasteiger partial charge in [-0.25, -0.2) is 0 Å². The van der Waals surface area contributed by atoms with Crippen LogP contribution in [0.5, 0.6) is 11.5 Å². The summed E-state index contributed by atoms with van der Waals surface area (Å²) in [6.07, 6.45) is 0. The first-order chi connectivity index (χ1) is 14.7. The molecule has 0 amide bonds. The topological polar surface area (TPSA) is 18.5 Å². The molecule has 0 aliphatic carbocycles. The van der Waals surface area contributed by atoms with E-state index in [9.17, 15) is 0 Å². The van der Waals surface area contributed by atoms with Crippen molar-refractivity contribution < 1.29 is 9.00 Å². The van der Waals surface area contributed by atoms with Crippen molar-refractivity contribution in [2.45, 2.75) is 119 Å². The summed E-state index contributed by atoms with van der Waals surface area (Å²) < 4.78 is 13.2. The van der Waals surface area contributed by atoms with Gasteiger partial charge in [0.1, 0.15) is 0 Å². The predicted octanol–water partition coefficient (Wildman–Crippen LogP) is 8.60. The molecule has 0 heterocycles. The van der Waals surface area contributed by atoms with Gasteiger partial charge in [0.05, 0.1) is 0 Å². The van der Waals surface area contributed by atoms with Crippen LogP contribution in [0.4, 0.5) is 0 Å². The fourth-order valence-electron chi connectivity index (χ4n) is 4.15. The first-order valence-corrected chi connectivity index (χ1v) is 13.1. The van der Waals surface area contributed by atoms with Gasteiger partial charge in [0.15, 0.2) is 0 Å². The molecule has 0 aliphatic heterocycles. The second-order valence-electron chi connectivity index (χ2n) is 13.7. The van der Waals surface area contributed by atoms with Crippen LogP contribution in [-0.2, 0) is 21.7 Å². The summed E-state index contributed by atoms with van der Waals surface area (Å²) in [6.45, 7) is 31.4. The molecular formula is C30H47AlO2. The Hall–Kier alpha value is -1.43. The van der Waals surface area contributed by atoms with Crippen molar-refractivity contribution in [2.75, 3.05) is 0 Å². The van der Waals surface area contributed by atoms with Gasteiger partial charge in [0.2, 0.25) is 0 Å². The summed E-state index contributed by atoms with van der Waals surface area (Å²) in [5, 5.41) is 0. The maximum atomic E-state index is 6.61. The van der Waals surface area contributed by atoms with Crippen LogP contribution < -0.4 is 7.58 Å². The van der Waals surface area contributed by atoms with E-state index in [-0.39, 0.29) is 23.1 Å². The molecule has 0 saturated heterocycles. The second kappa shape index (κ2) is 9.32. The minimum atomic E-state index is -0.722. The van der Waals surface area contributed by atoms with Gasteiger partial charge < -0.3 is 1.43 Å². The van der Waals surface area contributed by atoms with Crippen molar-refractivity contribution >= 4 is 15.9 Å². The SMILES string of the molecule is Cc1cc(C(C)(C)C)c([O][Al+][O]c2c(C(C)(C)C)cc(C)cc2C(C)(C)C)c(C(C)(C)C)c1.[H-]. The Morgan fingerprint density at radius 3 is 0.879 bits per heavy atom. The van der Waals surface area contributed by atoms with Crippen LogP contribution in [-0.4, -0.2) is 15.9 Å². The van der Waals surface area contributed by atoms with Gasteiger partial charge in [-0.2, -0.15) is 0 Å². The monoisotopic (exact) mass is 466 g/mol. The molecule has 2 aromatic carbocycles. The molecule has 0 aromatic heterocycles. The number of rotatable bonds is 4. The molecule has 0 spiro atoms. The van der Waals surface area contributed by atoms with E-state index in [0.29, 0.717) is 0 Å². The zero-order valence-corrected chi connectivity index (χ0v) is 24.9. The van der Waals surface area contributed by atoms with Crippen LogP contribution in [0.15, 0.2) is 24.3 Å². The van der Waals surface area contributed by atoms with Gasteiger partial charge in [-0.3, -0.25) is 0 Å². The van der Waals surface area contributed by atoms with Crippen LogP contribution in [0, 0.1) is 13.8 Å². The number of benzene rings is 2. The Bertz CT molecular complexity index is 845. The van der Waals surface area contributed by atoms with Gasteiger partial charge >= 0.3 is 211 Å². The molecule has 2 nitrogen and oxygen atoms in total. The van der Waals surface area contributed by atoms with E-state index in [1.54, 1.807) is 0 Å². The average Bonchev–Trinajstić information content (AvgIpc) is 2.59. The standard InChI is InChI=1S/2C15H24O.Al.H/c2*1-10-8-11(14(2,3)4)13(16)12(9-10)15(5,6)7;;/h2*8-9,16H,1-7H3;;/q;;+3;-1/p-2. The fraction of sp³-hybridized carbons (Fsp3) is 0.600. The summed E-state index contributed by atoms with van der Waals surface area (Å²) in [5.41, 5.74) is 7.48. The van der Waals surface area contributed by atoms with Crippen molar-refractivity contribution in [3.05, 3.63) is 57.6 Å². The van der Waals surface area contributed by atoms with Crippen LogP contribution in [0.25, 0.3) is 0 Å². The third kappa shape index (κ3) is 6.80. The van der Waals surface area contributed by atoms with E-state index >= 15 is 0 Å². The predicted molar refractivity (Wildman–Crippen MR) is 145 cm³/mol. The Morgan fingerprint density at radius 2 is 0.697 bits per heavy atom. The van der Waals surface area contributed by atoms with Gasteiger partial charge in [0.25, 0.3) is 0 Å². The number of aryl methyl sites for hydroxylation is 2. The van der Waals surface area contributed by atoms with E-state index in [2.05, 4.69) is 121 Å². The maximum Gasteiger partial charge on any atom is -1.00 e. The maximum absolute atomic E-state index is 6.61. The number of hydrogen-bond donors (Lipinski definition) is 0. The molecular weight excluding hydrogens is 419 g/mol. The van der Waals surface area contributed by atoms with Gasteiger partial charge in [0, 0.05) is 0 Å². The molecule has 0 atom stereocenters. The molecule has 3 heteroatoms. The summed E-state index contributed by atoms with van der Waals surface area (Å²) in [7, 11) is 0. The van der Waals surface area contributed by atoms with E-state index in [1.165, 1.54) is 33.4 Å². The smallest absolute Gasteiger partial charge is 1.00 e.